The quantitative estimate of drug-likeness (QED) is 0.826. The number of oxazole rings is 1. The van der Waals surface area contributed by atoms with Crippen molar-refractivity contribution < 1.29 is 4.42 Å². The van der Waals surface area contributed by atoms with Crippen molar-refractivity contribution in [1.82, 2.24) is 4.98 Å². The third-order valence-electron chi connectivity index (χ3n) is 3.96. The highest BCUT2D eigenvalue weighted by molar-refractivity contribution is 6.30. The number of nitriles is 1. The van der Waals surface area contributed by atoms with Gasteiger partial charge in [-0.3, -0.25) is 0 Å². The molecule has 1 fully saturated rings. The second-order valence-corrected chi connectivity index (χ2v) is 6.58. The van der Waals surface area contributed by atoms with Crippen molar-refractivity contribution in [3.63, 3.8) is 0 Å². The van der Waals surface area contributed by atoms with Crippen LogP contribution in [-0.2, 0) is 0 Å². The van der Waals surface area contributed by atoms with Crippen molar-refractivity contribution in [1.29, 1.82) is 5.26 Å². The van der Waals surface area contributed by atoms with Gasteiger partial charge in [0, 0.05) is 23.7 Å². The molecule has 5 heteroatoms. The summed E-state index contributed by atoms with van der Waals surface area (Å²) in [6, 6.07) is 9.43. The fourth-order valence-electron chi connectivity index (χ4n) is 3.14. The molecule has 4 nitrogen and oxygen atoms in total. The topological polar surface area (TPSA) is 53.1 Å². The Bertz CT molecular complexity index is 692. The molecule has 3 rings (SSSR count). The Morgan fingerprint density at radius 1 is 1.23 bits per heavy atom. The van der Waals surface area contributed by atoms with Crippen LogP contribution in [0.4, 0.5) is 5.88 Å². The zero-order valence-corrected chi connectivity index (χ0v) is 13.5. The van der Waals surface area contributed by atoms with Crippen LogP contribution in [0.25, 0.3) is 11.5 Å². The first kappa shape index (κ1) is 14.9. The van der Waals surface area contributed by atoms with Crippen LogP contribution in [0.15, 0.2) is 28.7 Å². The van der Waals surface area contributed by atoms with E-state index in [1.54, 1.807) is 12.1 Å². The van der Waals surface area contributed by atoms with Crippen LogP contribution in [-0.4, -0.2) is 18.1 Å². The molecule has 0 spiro atoms. The normalized spacial score (nSPS) is 21.6. The van der Waals surface area contributed by atoms with E-state index in [0.29, 0.717) is 34.3 Å². The molecule has 2 unspecified atom stereocenters. The van der Waals surface area contributed by atoms with Gasteiger partial charge in [-0.1, -0.05) is 25.4 Å². The lowest BCUT2D eigenvalue weighted by atomic mass is 9.92. The predicted molar refractivity (Wildman–Crippen MR) is 86.8 cm³/mol. The molecule has 2 heterocycles. The van der Waals surface area contributed by atoms with E-state index in [2.05, 4.69) is 29.8 Å². The Morgan fingerprint density at radius 2 is 1.86 bits per heavy atom. The molecule has 0 radical (unpaired) electrons. The fourth-order valence-corrected chi connectivity index (χ4v) is 3.27. The van der Waals surface area contributed by atoms with Gasteiger partial charge in [0.1, 0.15) is 6.07 Å². The lowest BCUT2D eigenvalue weighted by Gasteiger charge is -2.34. The second-order valence-electron chi connectivity index (χ2n) is 6.14. The standard InChI is InChI=1S/C17H18ClN3O/c1-11-7-12(2)10-21(9-11)17-15(8-19)20-16(22-17)13-3-5-14(18)6-4-13/h3-6,11-12H,7,9-10H2,1-2H3. The van der Waals surface area contributed by atoms with E-state index in [4.69, 9.17) is 16.0 Å². The molecule has 1 aliphatic heterocycles. The van der Waals surface area contributed by atoms with E-state index in [1.165, 1.54) is 6.42 Å². The number of nitrogens with zero attached hydrogens (tertiary/aromatic N) is 3. The maximum atomic E-state index is 9.36. The molecular weight excluding hydrogens is 298 g/mol. The van der Waals surface area contributed by atoms with E-state index >= 15 is 0 Å². The van der Waals surface area contributed by atoms with Gasteiger partial charge < -0.3 is 9.32 Å². The van der Waals surface area contributed by atoms with Crippen molar-refractivity contribution in [2.24, 2.45) is 11.8 Å². The maximum Gasteiger partial charge on any atom is 0.235 e. The Balaban J connectivity index is 1.95. The van der Waals surface area contributed by atoms with Crippen molar-refractivity contribution in [3.8, 4) is 17.5 Å². The summed E-state index contributed by atoms with van der Waals surface area (Å²) < 4.78 is 5.92. The number of aromatic nitrogens is 1. The lowest BCUT2D eigenvalue weighted by molar-refractivity contribution is 0.344. The Hall–Kier alpha value is -1.99. The molecule has 0 aliphatic carbocycles. The number of hydrogen-bond acceptors (Lipinski definition) is 4. The molecule has 0 saturated carbocycles. The predicted octanol–water partition coefficient (Wildman–Crippen LogP) is 4.35. The van der Waals surface area contributed by atoms with Gasteiger partial charge in [0.15, 0.2) is 0 Å². The molecule has 0 amide bonds. The molecule has 1 aromatic carbocycles. The van der Waals surface area contributed by atoms with Gasteiger partial charge in [-0.25, -0.2) is 0 Å². The van der Waals surface area contributed by atoms with Crippen LogP contribution in [0, 0.1) is 23.2 Å². The smallest absolute Gasteiger partial charge is 0.235 e. The van der Waals surface area contributed by atoms with Gasteiger partial charge in [0.25, 0.3) is 0 Å². The lowest BCUT2D eigenvalue weighted by Crippen LogP contribution is -2.38. The van der Waals surface area contributed by atoms with Gasteiger partial charge in [0.05, 0.1) is 0 Å². The molecule has 1 aromatic heterocycles. The average Bonchev–Trinajstić information content (AvgIpc) is 2.91. The van der Waals surface area contributed by atoms with Crippen molar-refractivity contribution >= 4 is 17.5 Å². The first-order chi connectivity index (χ1) is 10.6. The highest BCUT2D eigenvalue weighted by Gasteiger charge is 2.27. The minimum absolute atomic E-state index is 0.353. The van der Waals surface area contributed by atoms with Crippen LogP contribution < -0.4 is 4.90 Å². The number of rotatable bonds is 2. The molecule has 0 N–H and O–H groups in total. The Morgan fingerprint density at radius 3 is 2.45 bits per heavy atom. The van der Waals surface area contributed by atoms with Crippen LogP contribution in [0.2, 0.25) is 5.02 Å². The zero-order valence-electron chi connectivity index (χ0n) is 12.7. The van der Waals surface area contributed by atoms with Gasteiger partial charge in [0.2, 0.25) is 17.5 Å². The molecule has 1 aliphatic rings. The summed E-state index contributed by atoms with van der Waals surface area (Å²) in [5.41, 5.74) is 1.18. The minimum Gasteiger partial charge on any atom is -0.419 e. The van der Waals surface area contributed by atoms with Crippen LogP contribution >= 0.6 is 11.6 Å². The summed E-state index contributed by atoms with van der Waals surface area (Å²) in [7, 11) is 0. The molecule has 2 atom stereocenters. The van der Waals surface area contributed by atoms with E-state index in [1.807, 2.05) is 12.1 Å². The van der Waals surface area contributed by atoms with E-state index in [-0.39, 0.29) is 0 Å². The number of piperidine rings is 1. The number of hydrogen-bond donors (Lipinski definition) is 0. The average molecular weight is 316 g/mol. The summed E-state index contributed by atoms with van der Waals surface area (Å²) in [5.74, 6) is 2.22. The largest absolute Gasteiger partial charge is 0.419 e. The first-order valence-electron chi connectivity index (χ1n) is 7.48. The molecule has 2 aromatic rings. The number of halogens is 1. The van der Waals surface area contributed by atoms with E-state index in [0.717, 1.165) is 18.7 Å². The van der Waals surface area contributed by atoms with Gasteiger partial charge in [-0.15, -0.1) is 0 Å². The summed E-state index contributed by atoms with van der Waals surface area (Å²) in [6.45, 7) is 6.25. The third kappa shape index (κ3) is 2.95. The monoisotopic (exact) mass is 315 g/mol. The Kier molecular flexibility index (Phi) is 4.08. The third-order valence-corrected chi connectivity index (χ3v) is 4.21. The second kappa shape index (κ2) is 6.02. The Labute approximate surface area is 135 Å². The van der Waals surface area contributed by atoms with Gasteiger partial charge >= 0.3 is 0 Å². The van der Waals surface area contributed by atoms with E-state index < -0.39 is 0 Å². The fraction of sp³-hybridized carbons (Fsp3) is 0.412. The highest BCUT2D eigenvalue weighted by atomic mass is 35.5. The van der Waals surface area contributed by atoms with Crippen LogP contribution in [0.3, 0.4) is 0 Å². The van der Waals surface area contributed by atoms with Crippen LogP contribution in [0.1, 0.15) is 26.0 Å². The number of anilines is 1. The first-order valence-corrected chi connectivity index (χ1v) is 7.86. The number of benzene rings is 1. The van der Waals surface area contributed by atoms with Gasteiger partial charge in [-0.2, -0.15) is 10.2 Å². The molecule has 0 bridgehead atoms. The zero-order chi connectivity index (χ0) is 15.7. The minimum atomic E-state index is 0.353. The summed E-state index contributed by atoms with van der Waals surface area (Å²) >= 11 is 5.91. The SMILES string of the molecule is CC1CC(C)CN(c2oc(-c3ccc(Cl)cc3)nc2C#N)C1. The van der Waals surface area contributed by atoms with Crippen molar-refractivity contribution in [2.75, 3.05) is 18.0 Å². The molecule has 22 heavy (non-hydrogen) atoms. The van der Waals surface area contributed by atoms with Crippen molar-refractivity contribution in [3.05, 3.63) is 35.0 Å². The highest BCUT2D eigenvalue weighted by Crippen LogP contribution is 2.32. The van der Waals surface area contributed by atoms with Crippen molar-refractivity contribution in [2.45, 2.75) is 20.3 Å². The van der Waals surface area contributed by atoms with Gasteiger partial charge in [-0.05, 0) is 42.5 Å². The summed E-state index contributed by atoms with van der Waals surface area (Å²) in [6.07, 6.45) is 1.20. The summed E-state index contributed by atoms with van der Waals surface area (Å²) in [5, 5.41) is 10.0. The molecule has 114 valence electrons. The molecule has 1 saturated heterocycles. The maximum absolute atomic E-state index is 9.36. The van der Waals surface area contributed by atoms with Crippen LogP contribution in [0.5, 0.6) is 0 Å². The van der Waals surface area contributed by atoms with E-state index in [9.17, 15) is 5.26 Å². The molecular formula is C17H18ClN3O. The summed E-state index contributed by atoms with van der Waals surface area (Å²) in [4.78, 5) is 6.48.